The first-order valence-corrected chi connectivity index (χ1v) is 5.14. The molecule has 0 aromatic heterocycles. The standard InChI is InChI=1S/C10H22N2O2/c1-5-14-10(13)7-12(8(2)3)9(4)6-11/h8-9H,5-7,11H2,1-4H3. The number of esters is 1. The van der Waals surface area contributed by atoms with Gasteiger partial charge in [0.05, 0.1) is 13.2 Å². The van der Waals surface area contributed by atoms with Crippen LogP contribution in [0.5, 0.6) is 0 Å². The fourth-order valence-electron chi connectivity index (χ4n) is 1.34. The van der Waals surface area contributed by atoms with Gasteiger partial charge in [-0.1, -0.05) is 0 Å². The zero-order chi connectivity index (χ0) is 11.1. The topological polar surface area (TPSA) is 55.6 Å². The third-order valence-electron chi connectivity index (χ3n) is 2.19. The number of carbonyl (C=O) groups is 1. The second-order valence-corrected chi connectivity index (χ2v) is 3.66. The number of nitrogens with zero attached hydrogens (tertiary/aromatic N) is 1. The normalized spacial score (nSPS) is 13.4. The van der Waals surface area contributed by atoms with Crippen LogP contribution in [0.1, 0.15) is 27.7 Å². The molecule has 1 atom stereocenters. The molecule has 4 nitrogen and oxygen atoms in total. The van der Waals surface area contributed by atoms with Crippen LogP contribution in [0.2, 0.25) is 0 Å². The molecule has 0 aliphatic rings. The molecular formula is C10H22N2O2. The zero-order valence-electron chi connectivity index (χ0n) is 9.62. The molecule has 0 heterocycles. The predicted molar refractivity (Wildman–Crippen MR) is 57.0 cm³/mol. The summed E-state index contributed by atoms with van der Waals surface area (Å²) in [7, 11) is 0. The average Bonchev–Trinajstić information content (AvgIpc) is 2.13. The fourth-order valence-corrected chi connectivity index (χ4v) is 1.34. The molecule has 84 valence electrons. The van der Waals surface area contributed by atoms with Crippen molar-refractivity contribution < 1.29 is 9.53 Å². The van der Waals surface area contributed by atoms with Crippen LogP contribution in [-0.4, -0.2) is 42.6 Å². The first-order chi connectivity index (χ1) is 6.52. The summed E-state index contributed by atoms with van der Waals surface area (Å²) in [6.07, 6.45) is 0. The molecule has 2 N–H and O–H groups in total. The smallest absolute Gasteiger partial charge is 0.320 e. The second kappa shape index (κ2) is 6.79. The highest BCUT2D eigenvalue weighted by Crippen LogP contribution is 2.04. The van der Waals surface area contributed by atoms with Gasteiger partial charge in [0.15, 0.2) is 0 Å². The number of carbonyl (C=O) groups excluding carboxylic acids is 1. The van der Waals surface area contributed by atoms with Gasteiger partial charge < -0.3 is 10.5 Å². The van der Waals surface area contributed by atoms with Gasteiger partial charge in [-0.05, 0) is 27.7 Å². The Labute approximate surface area is 86.4 Å². The SMILES string of the molecule is CCOC(=O)CN(C(C)C)C(C)CN. The molecule has 1 unspecified atom stereocenters. The molecule has 0 radical (unpaired) electrons. The Balaban J connectivity index is 4.16. The summed E-state index contributed by atoms with van der Waals surface area (Å²) >= 11 is 0. The van der Waals surface area contributed by atoms with Crippen molar-refractivity contribution in [2.75, 3.05) is 19.7 Å². The van der Waals surface area contributed by atoms with Crippen LogP contribution in [0.15, 0.2) is 0 Å². The van der Waals surface area contributed by atoms with Crippen molar-refractivity contribution in [3.05, 3.63) is 0 Å². The molecule has 0 amide bonds. The molecule has 0 aromatic carbocycles. The summed E-state index contributed by atoms with van der Waals surface area (Å²) in [6, 6.07) is 0.511. The molecule has 0 rings (SSSR count). The highest BCUT2D eigenvalue weighted by molar-refractivity contribution is 5.71. The summed E-state index contributed by atoms with van der Waals surface area (Å²) in [4.78, 5) is 13.3. The van der Waals surface area contributed by atoms with E-state index in [-0.39, 0.29) is 12.0 Å². The van der Waals surface area contributed by atoms with E-state index >= 15 is 0 Å². The van der Waals surface area contributed by atoms with Crippen LogP contribution in [0.4, 0.5) is 0 Å². The molecule has 4 heteroatoms. The van der Waals surface area contributed by atoms with Crippen molar-refractivity contribution in [2.45, 2.75) is 39.8 Å². The molecule has 0 bridgehead atoms. The molecule has 0 aliphatic heterocycles. The van der Waals surface area contributed by atoms with Gasteiger partial charge in [-0.3, -0.25) is 9.69 Å². The van der Waals surface area contributed by atoms with Crippen LogP contribution in [-0.2, 0) is 9.53 Å². The molecular weight excluding hydrogens is 180 g/mol. The molecule has 0 saturated heterocycles. The highest BCUT2D eigenvalue weighted by atomic mass is 16.5. The maximum absolute atomic E-state index is 11.3. The number of nitrogens with two attached hydrogens (primary N) is 1. The van der Waals surface area contributed by atoms with E-state index in [1.165, 1.54) is 0 Å². The van der Waals surface area contributed by atoms with E-state index in [1.807, 2.05) is 32.6 Å². The number of hydrogen-bond donors (Lipinski definition) is 1. The fraction of sp³-hybridized carbons (Fsp3) is 0.900. The lowest BCUT2D eigenvalue weighted by Crippen LogP contribution is -2.45. The Bertz CT molecular complexity index is 172. The van der Waals surface area contributed by atoms with Crippen LogP contribution >= 0.6 is 0 Å². The van der Waals surface area contributed by atoms with E-state index in [0.717, 1.165) is 0 Å². The number of rotatable bonds is 6. The van der Waals surface area contributed by atoms with Crippen LogP contribution < -0.4 is 5.73 Å². The van der Waals surface area contributed by atoms with E-state index in [4.69, 9.17) is 10.5 Å². The van der Waals surface area contributed by atoms with E-state index in [2.05, 4.69) is 0 Å². The van der Waals surface area contributed by atoms with Crippen LogP contribution in [0.25, 0.3) is 0 Å². The summed E-state index contributed by atoms with van der Waals surface area (Å²) in [5, 5.41) is 0. The van der Waals surface area contributed by atoms with Gasteiger partial charge in [-0.25, -0.2) is 0 Å². The average molecular weight is 202 g/mol. The molecule has 14 heavy (non-hydrogen) atoms. The summed E-state index contributed by atoms with van der Waals surface area (Å²) in [5.74, 6) is -0.179. The summed E-state index contributed by atoms with van der Waals surface area (Å²) in [5.41, 5.74) is 5.57. The second-order valence-electron chi connectivity index (χ2n) is 3.66. The minimum Gasteiger partial charge on any atom is -0.465 e. The highest BCUT2D eigenvalue weighted by Gasteiger charge is 2.19. The van der Waals surface area contributed by atoms with Crippen molar-refractivity contribution in [3.8, 4) is 0 Å². The van der Waals surface area contributed by atoms with Crippen molar-refractivity contribution in [1.29, 1.82) is 0 Å². The zero-order valence-corrected chi connectivity index (χ0v) is 9.62. The Kier molecular flexibility index (Phi) is 6.49. The lowest BCUT2D eigenvalue weighted by Gasteiger charge is -2.30. The monoisotopic (exact) mass is 202 g/mol. The molecule has 0 spiro atoms. The van der Waals surface area contributed by atoms with Gasteiger partial charge in [0, 0.05) is 18.6 Å². The van der Waals surface area contributed by atoms with Crippen molar-refractivity contribution in [2.24, 2.45) is 5.73 Å². The molecule has 0 saturated carbocycles. The lowest BCUT2D eigenvalue weighted by atomic mass is 10.2. The van der Waals surface area contributed by atoms with E-state index in [1.54, 1.807) is 0 Å². The molecule has 0 fully saturated rings. The Morgan fingerprint density at radius 2 is 2.00 bits per heavy atom. The van der Waals surface area contributed by atoms with Gasteiger partial charge in [0.2, 0.25) is 0 Å². The Morgan fingerprint density at radius 3 is 2.36 bits per heavy atom. The number of hydrogen-bond acceptors (Lipinski definition) is 4. The molecule has 0 aliphatic carbocycles. The third-order valence-corrected chi connectivity index (χ3v) is 2.19. The predicted octanol–water partition coefficient (Wildman–Crippen LogP) is 0.607. The third kappa shape index (κ3) is 4.58. The number of ether oxygens (including phenoxy) is 1. The maximum Gasteiger partial charge on any atom is 0.320 e. The van der Waals surface area contributed by atoms with E-state index in [0.29, 0.717) is 25.7 Å². The van der Waals surface area contributed by atoms with Gasteiger partial charge >= 0.3 is 5.97 Å². The van der Waals surface area contributed by atoms with Gasteiger partial charge in [-0.2, -0.15) is 0 Å². The maximum atomic E-state index is 11.3. The van der Waals surface area contributed by atoms with E-state index in [9.17, 15) is 4.79 Å². The van der Waals surface area contributed by atoms with Crippen LogP contribution in [0, 0.1) is 0 Å². The van der Waals surface area contributed by atoms with Crippen molar-refractivity contribution in [1.82, 2.24) is 4.90 Å². The van der Waals surface area contributed by atoms with Crippen LogP contribution in [0.3, 0.4) is 0 Å². The van der Waals surface area contributed by atoms with Gasteiger partial charge in [0.1, 0.15) is 0 Å². The molecule has 0 aromatic rings. The minimum atomic E-state index is -0.179. The quantitative estimate of drug-likeness (QED) is 0.641. The van der Waals surface area contributed by atoms with Gasteiger partial charge in [-0.15, -0.1) is 0 Å². The largest absolute Gasteiger partial charge is 0.465 e. The summed E-state index contributed by atoms with van der Waals surface area (Å²) < 4.78 is 4.90. The van der Waals surface area contributed by atoms with Crippen molar-refractivity contribution in [3.63, 3.8) is 0 Å². The first-order valence-electron chi connectivity index (χ1n) is 5.14. The van der Waals surface area contributed by atoms with Crippen molar-refractivity contribution >= 4 is 5.97 Å². The Hall–Kier alpha value is -0.610. The summed E-state index contributed by atoms with van der Waals surface area (Å²) in [6.45, 7) is 9.23. The Morgan fingerprint density at radius 1 is 1.43 bits per heavy atom. The van der Waals surface area contributed by atoms with Gasteiger partial charge in [0.25, 0.3) is 0 Å². The minimum absolute atomic E-state index is 0.179. The van der Waals surface area contributed by atoms with E-state index < -0.39 is 0 Å². The first kappa shape index (κ1) is 13.4. The lowest BCUT2D eigenvalue weighted by molar-refractivity contribution is -0.145.